The fourth-order valence-electron chi connectivity index (χ4n) is 7.83. The van der Waals surface area contributed by atoms with Gasteiger partial charge >= 0.3 is 0 Å². The topological polar surface area (TPSA) is 172 Å². The van der Waals surface area contributed by atoms with Gasteiger partial charge in [0, 0.05) is 99.6 Å². The molecule has 8 rings (SSSR count). The van der Waals surface area contributed by atoms with Crippen molar-refractivity contribution in [2.45, 2.75) is 317 Å². The molecule has 0 aliphatic carbocycles. The van der Waals surface area contributed by atoms with Crippen molar-refractivity contribution in [2.75, 3.05) is 46.0 Å². The van der Waals surface area contributed by atoms with Gasteiger partial charge in [0.1, 0.15) is 12.7 Å². The predicted octanol–water partition coefficient (Wildman–Crippen LogP) is 20.7. The average Bonchev–Trinajstić information content (AvgIpc) is 3.61. The molecule has 0 saturated carbocycles. The number of nitrogens with one attached hydrogen (secondary N) is 3. The lowest BCUT2D eigenvalue weighted by Gasteiger charge is -2.22. The molecule has 0 spiro atoms. The van der Waals surface area contributed by atoms with Crippen LogP contribution in [0.2, 0.25) is 0 Å². The molecule has 6 unspecified atom stereocenters. The second-order valence-electron chi connectivity index (χ2n) is 22.5. The minimum atomic E-state index is 0.356. The molecule has 15 nitrogen and oxygen atoms in total. The van der Waals surface area contributed by atoms with Crippen LogP contribution in [0, 0.1) is 65.1 Å². The summed E-state index contributed by atoms with van der Waals surface area (Å²) in [6, 6.07) is 1.11. The fraction of sp³-hybridized carbons (Fsp3) is 0.890. The van der Waals surface area contributed by atoms with E-state index in [2.05, 4.69) is 168 Å². The zero-order chi connectivity index (χ0) is 69.5. The SMILES string of the molecule is CC.CC.CC.CC.CC.CC.CC.CC.CC(C)C1=NCCCC1.CC(C)C1=NCCCO1.CC(C)C1C=NNCC1.CC(C)C1CC=NNC1.CC(C)C1CC=NOC1.CC(C)C1CCC=NN1.CC(C)C1CCC=NO1.CC(C)C1CCOC=N1. The molecule has 8 aliphatic heterocycles. The molecule has 0 aromatic rings. The van der Waals surface area contributed by atoms with Crippen LogP contribution in [0.4, 0.5) is 0 Å². The van der Waals surface area contributed by atoms with E-state index in [1.165, 1.54) is 37.8 Å². The highest BCUT2D eigenvalue weighted by Crippen LogP contribution is 2.19. The van der Waals surface area contributed by atoms with E-state index in [9.17, 15) is 0 Å². The Bertz CT molecular complexity index is 1410. The van der Waals surface area contributed by atoms with E-state index in [0.29, 0.717) is 59.6 Å². The summed E-state index contributed by atoms with van der Waals surface area (Å²) in [7, 11) is 0. The molecule has 0 amide bonds. The molecule has 6 atom stereocenters. The third-order valence-electron chi connectivity index (χ3n) is 13.6. The smallest absolute Gasteiger partial charge is 0.185 e. The van der Waals surface area contributed by atoms with Crippen LogP contribution in [0.1, 0.15) is 299 Å². The van der Waals surface area contributed by atoms with Crippen LogP contribution in [-0.2, 0) is 19.1 Å². The number of hydrogen-bond donors (Lipinski definition) is 3. The van der Waals surface area contributed by atoms with E-state index >= 15 is 0 Å². The minimum Gasteiger partial charge on any atom is -0.483 e. The lowest BCUT2D eigenvalue weighted by molar-refractivity contribution is 0.0146. The third kappa shape index (κ3) is 63.5. The van der Waals surface area contributed by atoms with Crippen LogP contribution < -0.4 is 16.3 Å². The number of ether oxygens (including phenoxy) is 2. The van der Waals surface area contributed by atoms with Gasteiger partial charge in [0.05, 0.1) is 19.3 Å². The normalized spacial score (nSPS) is 20.7. The fourth-order valence-corrected chi connectivity index (χ4v) is 7.83. The second-order valence-corrected chi connectivity index (χ2v) is 22.5. The summed E-state index contributed by atoms with van der Waals surface area (Å²) in [6.45, 7) is 73.8. The van der Waals surface area contributed by atoms with Crippen molar-refractivity contribution in [1.29, 1.82) is 0 Å². The number of nitrogens with zero attached hydrogens (tertiary/aromatic N) is 8. The molecule has 8 heterocycles. The maximum atomic E-state index is 5.29. The van der Waals surface area contributed by atoms with E-state index in [4.69, 9.17) is 19.1 Å². The average molecular weight is 1250 g/mol. The van der Waals surface area contributed by atoms with Crippen LogP contribution in [0.5, 0.6) is 0 Å². The van der Waals surface area contributed by atoms with Gasteiger partial charge in [0.2, 0.25) is 0 Å². The number of hydrogen-bond acceptors (Lipinski definition) is 15. The first-order chi connectivity index (χ1) is 42.4. The first kappa shape index (κ1) is 100. The van der Waals surface area contributed by atoms with Crippen LogP contribution >= 0.6 is 0 Å². The van der Waals surface area contributed by atoms with E-state index in [1.54, 1.807) is 6.40 Å². The molecule has 0 saturated heterocycles. The highest BCUT2D eigenvalue weighted by Gasteiger charge is 2.18. The first-order valence-corrected chi connectivity index (χ1v) is 36.4. The van der Waals surface area contributed by atoms with Gasteiger partial charge in [-0.1, -0.05) is 232 Å². The quantitative estimate of drug-likeness (QED) is 0.217. The lowest BCUT2D eigenvalue weighted by Crippen LogP contribution is -2.32. The van der Waals surface area contributed by atoms with Gasteiger partial charge in [-0.05, 0) is 112 Å². The van der Waals surface area contributed by atoms with E-state index < -0.39 is 0 Å². The Morgan fingerprint density at radius 2 is 1.08 bits per heavy atom. The van der Waals surface area contributed by atoms with Crippen LogP contribution in [0.25, 0.3) is 0 Å². The summed E-state index contributed by atoms with van der Waals surface area (Å²) in [5.41, 5.74) is 10.4. The van der Waals surface area contributed by atoms with Gasteiger partial charge in [-0.2, -0.15) is 15.3 Å². The summed E-state index contributed by atoms with van der Waals surface area (Å²) >= 11 is 0. The molecule has 3 N–H and O–H groups in total. The Labute approximate surface area is 550 Å². The second kappa shape index (κ2) is 79.1. The van der Waals surface area contributed by atoms with E-state index in [-0.39, 0.29) is 0 Å². The number of rotatable bonds is 8. The van der Waals surface area contributed by atoms with Crippen LogP contribution in [0.3, 0.4) is 0 Å². The molecule has 0 fully saturated rings. The Morgan fingerprint density at radius 3 is 1.35 bits per heavy atom. The molecule has 8 aliphatic rings. The summed E-state index contributed by atoms with van der Waals surface area (Å²) < 4.78 is 10.2. The van der Waals surface area contributed by atoms with Crippen molar-refractivity contribution in [2.24, 2.45) is 106 Å². The van der Waals surface area contributed by atoms with Crippen LogP contribution in [-0.4, -0.2) is 113 Å². The van der Waals surface area contributed by atoms with Gasteiger partial charge < -0.3 is 35.4 Å². The van der Waals surface area contributed by atoms with Gasteiger partial charge in [-0.15, -0.1) is 0 Å². The zero-order valence-corrected chi connectivity index (χ0v) is 64.7. The van der Waals surface area contributed by atoms with E-state index in [1.807, 2.05) is 142 Å². The van der Waals surface area contributed by atoms with Crippen molar-refractivity contribution in [3.05, 3.63) is 0 Å². The Balaban J connectivity index is -0.000000134. The van der Waals surface area contributed by atoms with Crippen molar-refractivity contribution in [3.63, 3.8) is 0 Å². The Hall–Kier alpha value is -4.04. The lowest BCUT2D eigenvalue weighted by atomic mass is 9.93. The molecule has 88 heavy (non-hydrogen) atoms. The molecule has 528 valence electrons. The Kier molecular flexibility index (Phi) is 90.0. The predicted molar refractivity (Wildman–Crippen MR) is 400 cm³/mol. The van der Waals surface area contributed by atoms with Gasteiger partial charge in [0.15, 0.2) is 12.3 Å². The summed E-state index contributed by atoms with van der Waals surface area (Å²) in [4.78, 5) is 22.9. The van der Waals surface area contributed by atoms with Gasteiger partial charge in [-0.25, -0.2) is 0 Å². The molecule has 0 aromatic carbocycles. The highest BCUT2D eigenvalue weighted by molar-refractivity contribution is 5.86. The largest absolute Gasteiger partial charge is 0.483 e. The first-order valence-electron chi connectivity index (χ1n) is 36.4. The Morgan fingerprint density at radius 1 is 0.489 bits per heavy atom. The zero-order valence-electron chi connectivity index (χ0n) is 64.7. The van der Waals surface area contributed by atoms with Crippen molar-refractivity contribution in [1.82, 2.24) is 16.3 Å². The third-order valence-corrected chi connectivity index (χ3v) is 13.6. The van der Waals surface area contributed by atoms with Gasteiger partial charge in [0.25, 0.3) is 0 Å². The summed E-state index contributed by atoms with van der Waals surface area (Å²) in [5.74, 6) is 8.47. The van der Waals surface area contributed by atoms with Crippen molar-refractivity contribution >= 4 is 49.1 Å². The minimum absolute atomic E-state index is 0.356. The number of oxime groups is 2. The van der Waals surface area contributed by atoms with Crippen molar-refractivity contribution in [3.8, 4) is 0 Å². The van der Waals surface area contributed by atoms with Crippen molar-refractivity contribution < 1.29 is 19.1 Å². The molecule has 15 heteroatoms. The molecular formula is C73H157N11O4. The number of hydrazone groups is 3. The molecule has 0 bridgehead atoms. The molecular weight excluding hydrogens is 1090 g/mol. The summed E-state index contributed by atoms with van der Waals surface area (Å²) in [6.07, 6.45) is 25.7. The summed E-state index contributed by atoms with van der Waals surface area (Å²) in [5, 5.41) is 19.4. The monoisotopic (exact) mass is 1250 g/mol. The van der Waals surface area contributed by atoms with Crippen LogP contribution in [0.15, 0.2) is 40.6 Å². The highest BCUT2D eigenvalue weighted by atomic mass is 16.6. The standard InChI is InChI=1S/C8H15N.3C7H14N2.4C7H13NO.8C2H6/c1-7(2)8-5-3-4-6-9-8;2*1-6(2)7-3-4-8-9-5-7;1-6(2)7-4-3-5-8-9-7;1-6(2)7-3-4-9-5-8-7;1-6(2)7-3-4-8-9-5-7;1-6(2)7-8-4-3-5-9-7;1-6(2)7-4-3-5-8-9-7;8*1-2/h7H,3-6H2,1-2H3;5-8H,3-4H2,1-2H3;4,6-7,9H,3,5H2,1-2H3;5-7,9H,3-4H2,1-2H3;5-7H,3-4H2,1-2H3;4,6-7H,3,5H2,1-2H3;6H,3-5H2,1-2H3;5-7H,3-4H2,1-2H3;8*1-2H3. The number of aliphatic imine (C=N–C) groups is 3. The van der Waals surface area contributed by atoms with Gasteiger partial charge in [-0.3, -0.25) is 15.0 Å². The molecule has 0 aromatic heterocycles. The maximum Gasteiger partial charge on any atom is 0.185 e. The molecule has 0 radical (unpaired) electrons. The van der Waals surface area contributed by atoms with E-state index in [0.717, 1.165) is 121 Å². The maximum absolute atomic E-state index is 5.29.